The highest BCUT2D eigenvalue weighted by Crippen LogP contribution is 2.29. The van der Waals surface area contributed by atoms with Crippen molar-refractivity contribution in [1.29, 1.82) is 0 Å². The third-order valence-electron chi connectivity index (χ3n) is 3.31. The second-order valence-electron chi connectivity index (χ2n) is 4.59. The van der Waals surface area contributed by atoms with Gasteiger partial charge in [0.2, 0.25) is 0 Å². The molecule has 1 amide bonds. The zero-order chi connectivity index (χ0) is 13.2. The Morgan fingerprint density at radius 2 is 2.06 bits per heavy atom. The van der Waals surface area contributed by atoms with Gasteiger partial charge in [-0.2, -0.15) is 0 Å². The van der Waals surface area contributed by atoms with Crippen LogP contribution in [-0.4, -0.2) is 33.1 Å². The summed E-state index contributed by atoms with van der Waals surface area (Å²) in [5.74, 6) is -0.580. The predicted molar refractivity (Wildman–Crippen MR) is 63.4 cm³/mol. The molecule has 0 unspecified atom stereocenters. The number of carbonyl (C=O) groups is 1. The average Bonchev–Trinajstić information content (AvgIpc) is 2.78. The molecule has 4 N–H and O–H groups in total. The number of aliphatic hydroxyl groups is 1. The first-order valence-electron chi connectivity index (χ1n) is 5.82. The van der Waals surface area contributed by atoms with E-state index in [1.807, 2.05) is 4.98 Å². The van der Waals surface area contributed by atoms with Crippen LogP contribution >= 0.6 is 0 Å². The number of aromatic nitrogens is 2. The van der Waals surface area contributed by atoms with Gasteiger partial charge in [-0.1, -0.05) is 12.8 Å². The van der Waals surface area contributed by atoms with Gasteiger partial charge in [-0.05, 0) is 12.8 Å². The van der Waals surface area contributed by atoms with E-state index in [0.29, 0.717) is 12.8 Å². The Kier molecular flexibility index (Phi) is 3.33. The van der Waals surface area contributed by atoms with Crippen molar-refractivity contribution in [2.24, 2.45) is 0 Å². The van der Waals surface area contributed by atoms with E-state index in [1.165, 1.54) is 0 Å². The quantitative estimate of drug-likeness (QED) is 0.558. The van der Waals surface area contributed by atoms with Crippen LogP contribution in [0.4, 0.5) is 0 Å². The predicted octanol–water partition coefficient (Wildman–Crippen LogP) is -0.902. The van der Waals surface area contributed by atoms with Gasteiger partial charge in [0.15, 0.2) is 0 Å². The third-order valence-corrected chi connectivity index (χ3v) is 3.31. The van der Waals surface area contributed by atoms with E-state index in [4.69, 9.17) is 0 Å². The summed E-state index contributed by atoms with van der Waals surface area (Å²) in [6.07, 6.45) is 4.33. The molecule has 0 spiro atoms. The Bertz CT molecular complexity index is 554. The molecule has 0 aliphatic heterocycles. The molecule has 2 rings (SSSR count). The minimum atomic E-state index is -0.734. The second kappa shape index (κ2) is 4.77. The molecule has 1 saturated carbocycles. The Labute approximate surface area is 102 Å². The van der Waals surface area contributed by atoms with Gasteiger partial charge in [-0.15, -0.1) is 0 Å². The molecule has 0 saturated heterocycles. The summed E-state index contributed by atoms with van der Waals surface area (Å²) in [7, 11) is 0. The van der Waals surface area contributed by atoms with Gasteiger partial charge in [0.05, 0.1) is 12.1 Å². The lowest BCUT2D eigenvalue weighted by Gasteiger charge is -2.27. The zero-order valence-corrected chi connectivity index (χ0v) is 9.78. The molecule has 0 bridgehead atoms. The summed E-state index contributed by atoms with van der Waals surface area (Å²) in [6.45, 7) is -0.153. The Hall–Kier alpha value is -1.89. The van der Waals surface area contributed by atoms with Crippen LogP contribution in [0.2, 0.25) is 0 Å². The van der Waals surface area contributed by atoms with Crippen LogP contribution in [0.25, 0.3) is 0 Å². The molecule has 1 heterocycles. The molecule has 1 aromatic rings. The van der Waals surface area contributed by atoms with Gasteiger partial charge >= 0.3 is 5.69 Å². The van der Waals surface area contributed by atoms with Crippen LogP contribution in [0.5, 0.6) is 0 Å². The first kappa shape index (κ1) is 12.6. The SMILES string of the molecule is O=C(NC1(CO)CCCC1)c1c[nH]c(=O)[nH]c1=O. The lowest BCUT2D eigenvalue weighted by Crippen LogP contribution is -2.50. The minimum absolute atomic E-state index is 0.153. The van der Waals surface area contributed by atoms with E-state index in [2.05, 4.69) is 10.3 Å². The van der Waals surface area contributed by atoms with Gasteiger partial charge in [0, 0.05) is 6.20 Å². The topological polar surface area (TPSA) is 115 Å². The van der Waals surface area contributed by atoms with Crippen molar-refractivity contribution in [3.8, 4) is 0 Å². The minimum Gasteiger partial charge on any atom is -0.394 e. The molecule has 1 aliphatic rings. The van der Waals surface area contributed by atoms with Crippen LogP contribution in [0.15, 0.2) is 15.8 Å². The van der Waals surface area contributed by atoms with Crippen LogP contribution < -0.4 is 16.6 Å². The first-order chi connectivity index (χ1) is 8.56. The fraction of sp³-hybridized carbons (Fsp3) is 0.545. The molecule has 1 aromatic heterocycles. The number of rotatable bonds is 3. The van der Waals surface area contributed by atoms with Crippen LogP contribution in [0.3, 0.4) is 0 Å². The molecule has 0 radical (unpaired) electrons. The van der Waals surface area contributed by atoms with Gasteiger partial charge in [0.1, 0.15) is 5.56 Å². The number of hydrogen-bond donors (Lipinski definition) is 4. The Balaban J connectivity index is 2.21. The third kappa shape index (κ3) is 2.35. The summed E-state index contributed by atoms with van der Waals surface area (Å²) in [5, 5.41) is 12.1. The average molecular weight is 253 g/mol. The van der Waals surface area contributed by atoms with Crippen LogP contribution in [0, 0.1) is 0 Å². The molecule has 7 nitrogen and oxygen atoms in total. The van der Waals surface area contributed by atoms with Crippen molar-refractivity contribution in [2.45, 2.75) is 31.2 Å². The molecule has 1 aliphatic carbocycles. The van der Waals surface area contributed by atoms with Crippen molar-refractivity contribution in [3.05, 3.63) is 32.6 Å². The van der Waals surface area contributed by atoms with Crippen molar-refractivity contribution in [3.63, 3.8) is 0 Å². The van der Waals surface area contributed by atoms with Crippen molar-refractivity contribution in [1.82, 2.24) is 15.3 Å². The first-order valence-corrected chi connectivity index (χ1v) is 5.82. The summed E-state index contributed by atoms with van der Waals surface area (Å²) >= 11 is 0. The van der Waals surface area contributed by atoms with E-state index in [9.17, 15) is 19.5 Å². The molecule has 1 fully saturated rings. The maximum Gasteiger partial charge on any atom is 0.325 e. The zero-order valence-electron chi connectivity index (χ0n) is 9.78. The summed E-state index contributed by atoms with van der Waals surface area (Å²) in [6, 6.07) is 0. The highest BCUT2D eigenvalue weighted by atomic mass is 16.3. The smallest absolute Gasteiger partial charge is 0.325 e. The van der Waals surface area contributed by atoms with Gasteiger partial charge < -0.3 is 15.4 Å². The number of aromatic amines is 2. The molecular formula is C11H15N3O4. The summed E-state index contributed by atoms with van der Waals surface area (Å²) in [4.78, 5) is 38.5. The van der Waals surface area contributed by atoms with Crippen molar-refractivity contribution < 1.29 is 9.90 Å². The number of carbonyl (C=O) groups excluding carboxylic acids is 1. The largest absolute Gasteiger partial charge is 0.394 e. The fourth-order valence-electron chi connectivity index (χ4n) is 2.26. The molecule has 98 valence electrons. The molecule has 7 heteroatoms. The van der Waals surface area contributed by atoms with Crippen LogP contribution in [-0.2, 0) is 0 Å². The summed E-state index contributed by atoms with van der Waals surface area (Å²) in [5.41, 5.74) is -2.19. The number of nitrogens with one attached hydrogen (secondary N) is 3. The lowest BCUT2D eigenvalue weighted by atomic mass is 9.98. The maximum absolute atomic E-state index is 11.9. The highest BCUT2D eigenvalue weighted by molar-refractivity contribution is 5.94. The Morgan fingerprint density at radius 1 is 1.39 bits per heavy atom. The van der Waals surface area contributed by atoms with Gasteiger partial charge in [-0.3, -0.25) is 14.6 Å². The molecule has 0 aromatic carbocycles. The summed E-state index contributed by atoms with van der Waals surface area (Å²) < 4.78 is 0. The normalized spacial score (nSPS) is 17.6. The Morgan fingerprint density at radius 3 is 2.61 bits per heavy atom. The van der Waals surface area contributed by atoms with Crippen LogP contribution in [0.1, 0.15) is 36.0 Å². The number of aliphatic hydroxyl groups excluding tert-OH is 1. The molecular weight excluding hydrogens is 238 g/mol. The second-order valence-corrected chi connectivity index (χ2v) is 4.59. The van der Waals surface area contributed by atoms with Crippen molar-refractivity contribution in [2.75, 3.05) is 6.61 Å². The molecule has 18 heavy (non-hydrogen) atoms. The maximum atomic E-state index is 11.9. The van der Waals surface area contributed by atoms with E-state index in [1.54, 1.807) is 0 Å². The number of hydrogen-bond acceptors (Lipinski definition) is 4. The van der Waals surface area contributed by atoms with Gasteiger partial charge in [0.25, 0.3) is 11.5 Å². The number of amides is 1. The highest BCUT2D eigenvalue weighted by Gasteiger charge is 2.35. The van der Waals surface area contributed by atoms with E-state index >= 15 is 0 Å². The lowest BCUT2D eigenvalue weighted by molar-refractivity contribution is 0.0836. The van der Waals surface area contributed by atoms with Crippen molar-refractivity contribution >= 4 is 5.91 Å². The fourth-order valence-corrected chi connectivity index (χ4v) is 2.26. The molecule has 0 atom stereocenters. The monoisotopic (exact) mass is 253 g/mol. The van der Waals surface area contributed by atoms with E-state index in [0.717, 1.165) is 19.0 Å². The van der Waals surface area contributed by atoms with E-state index < -0.39 is 22.7 Å². The standard InChI is InChI=1S/C11H15N3O4/c15-6-11(3-1-2-4-11)14-9(17)7-5-12-10(18)13-8(7)16/h5,15H,1-4,6H2,(H,14,17)(H2,12,13,16,18). The van der Waals surface area contributed by atoms with E-state index in [-0.39, 0.29) is 12.2 Å². The number of H-pyrrole nitrogens is 2. The van der Waals surface area contributed by atoms with Gasteiger partial charge in [-0.25, -0.2) is 4.79 Å².